The number of aliphatic hydroxyl groups is 1. The van der Waals surface area contributed by atoms with Gasteiger partial charge in [-0.2, -0.15) is 0 Å². The van der Waals surface area contributed by atoms with Crippen molar-refractivity contribution in [3.63, 3.8) is 0 Å². The highest BCUT2D eigenvalue weighted by molar-refractivity contribution is 5.90. The molecule has 0 spiro atoms. The average molecular weight is 328 g/mol. The van der Waals surface area contributed by atoms with Crippen molar-refractivity contribution in [1.29, 1.82) is 0 Å². The first-order chi connectivity index (χ1) is 11.3. The fraction of sp³-hybridized carbons (Fsp3) is 0.316. The third-order valence-corrected chi connectivity index (χ3v) is 3.37. The molecule has 2 aromatic rings. The molecule has 24 heavy (non-hydrogen) atoms. The lowest BCUT2D eigenvalue weighted by Gasteiger charge is -2.26. The largest absolute Gasteiger partial charge is 0.489 e. The number of anilines is 1. The Bertz CT molecular complexity index is 666. The normalized spacial score (nSPS) is 11.0. The smallest absolute Gasteiger partial charge is 0.321 e. The van der Waals surface area contributed by atoms with E-state index < -0.39 is 5.60 Å². The molecule has 0 aromatic heterocycles. The van der Waals surface area contributed by atoms with Gasteiger partial charge in [-0.05, 0) is 32.0 Å². The number of ether oxygens (including phenoxy) is 1. The summed E-state index contributed by atoms with van der Waals surface area (Å²) in [6.07, 6.45) is 0. The number of benzene rings is 2. The molecular formula is C19H24N2O3. The molecule has 0 saturated carbocycles. The molecule has 0 aliphatic heterocycles. The Balaban J connectivity index is 2.02. The number of hydrogen-bond acceptors (Lipinski definition) is 3. The SMILES string of the molecule is CN(CC(C)(C)O)C(=O)Nc1ccccc1COc1ccccc1. The number of carbonyl (C=O) groups is 1. The summed E-state index contributed by atoms with van der Waals surface area (Å²) in [7, 11) is 1.65. The lowest BCUT2D eigenvalue weighted by Crippen LogP contribution is -2.41. The van der Waals surface area contributed by atoms with Crippen molar-refractivity contribution < 1.29 is 14.6 Å². The Labute approximate surface area is 142 Å². The third-order valence-electron chi connectivity index (χ3n) is 3.37. The van der Waals surface area contributed by atoms with E-state index in [4.69, 9.17) is 4.74 Å². The summed E-state index contributed by atoms with van der Waals surface area (Å²) in [5, 5.41) is 12.7. The molecule has 128 valence electrons. The van der Waals surface area contributed by atoms with E-state index in [1.165, 1.54) is 4.90 Å². The molecule has 0 bridgehead atoms. The predicted molar refractivity (Wildman–Crippen MR) is 95.2 cm³/mol. The quantitative estimate of drug-likeness (QED) is 0.853. The summed E-state index contributed by atoms with van der Waals surface area (Å²) in [5.41, 5.74) is 0.634. The maximum atomic E-state index is 12.3. The zero-order valence-electron chi connectivity index (χ0n) is 14.3. The van der Waals surface area contributed by atoms with E-state index in [0.29, 0.717) is 12.3 Å². The number of likely N-dealkylation sites (N-methyl/N-ethyl adjacent to an activating group) is 1. The molecule has 2 rings (SSSR count). The van der Waals surface area contributed by atoms with Crippen LogP contribution in [0.3, 0.4) is 0 Å². The van der Waals surface area contributed by atoms with Crippen LogP contribution in [0.2, 0.25) is 0 Å². The number of rotatable bonds is 6. The van der Waals surface area contributed by atoms with Gasteiger partial charge >= 0.3 is 6.03 Å². The average Bonchev–Trinajstić information content (AvgIpc) is 2.53. The van der Waals surface area contributed by atoms with Gasteiger partial charge in [0.2, 0.25) is 0 Å². The van der Waals surface area contributed by atoms with Crippen molar-refractivity contribution in [3.8, 4) is 5.75 Å². The van der Waals surface area contributed by atoms with Crippen molar-refractivity contribution in [2.45, 2.75) is 26.1 Å². The van der Waals surface area contributed by atoms with Gasteiger partial charge in [-0.25, -0.2) is 4.79 Å². The Hall–Kier alpha value is -2.53. The first kappa shape index (κ1) is 17.8. The number of urea groups is 1. The van der Waals surface area contributed by atoms with Crippen LogP contribution in [0.5, 0.6) is 5.75 Å². The van der Waals surface area contributed by atoms with Crippen molar-refractivity contribution in [1.82, 2.24) is 4.90 Å². The van der Waals surface area contributed by atoms with Crippen LogP contribution in [0.4, 0.5) is 10.5 Å². The van der Waals surface area contributed by atoms with Crippen LogP contribution >= 0.6 is 0 Å². The summed E-state index contributed by atoms with van der Waals surface area (Å²) >= 11 is 0. The van der Waals surface area contributed by atoms with Gasteiger partial charge in [0.25, 0.3) is 0 Å². The lowest BCUT2D eigenvalue weighted by molar-refractivity contribution is 0.0550. The standard InChI is InChI=1S/C19H24N2O3/c1-19(2,23)14-21(3)18(22)20-17-12-8-7-9-15(17)13-24-16-10-5-4-6-11-16/h4-12,23H,13-14H2,1-3H3,(H,20,22). The van der Waals surface area contributed by atoms with Crippen molar-refractivity contribution in [3.05, 3.63) is 60.2 Å². The molecule has 0 aliphatic rings. The van der Waals surface area contributed by atoms with E-state index in [1.807, 2.05) is 54.6 Å². The van der Waals surface area contributed by atoms with Gasteiger partial charge in [0.05, 0.1) is 12.1 Å². The van der Waals surface area contributed by atoms with Crippen molar-refractivity contribution in [2.75, 3.05) is 18.9 Å². The first-order valence-corrected chi connectivity index (χ1v) is 7.85. The molecule has 0 unspecified atom stereocenters. The number of amides is 2. The minimum Gasteiger partial charge on any atom is -0.489 e. The maximum Gasteiger partial charge on any atom is 0.321 e. The van der Waals surface area contributed by atoms with E-state index in [0.717, 1.165) is 11.3 Å². The van der Waals surface area contributed by atoms with Crippen LogP contribution in [-0.2, 0) is 6.61 Å². The van der Waals surface area contributed by atoms with Crippen LogP contribution in [0, 0.1) is 0 Å². The van der Waals surface area contributed by atoms with E-state index in [-0.39, 0.29) is 12.6 Å². The highest BCUT2D eigenvalue weighted by Crippen LogP contribution is 2.19. The Morgan fingerprint density at radius 2 is 1.75 bits per heavy atom. The highest BCUT2D eigenvalue weighted by Gasteiger charge is 2.19. The summed E-state index contributed by atoms with van der Waals surface area (Å²) < 4.78 is 5.75. The summed E-state index contributed by atoms with van der Waals surface area (Å²) in [6.45, 7) is 3.92. The maximum absolute atomic E-state index is 12.3. The molecule has 0 aliphatic carbocycles. The number of para-hydroxylation sites is 2. The van der Waals surface area contributed by atoms with Crippen LogP contribution in [0.25, 0.3) is 0 Å². The highest BCUT2D eigenvalue weighted by atomic mass is 16.5. The van der Waals surface area contributed by atoms with E-state index in [1.54, 1.807) is 20.9 Å². The second-order valence-electron chi connectivity index (χ2n) is 6.36. The van der Waals surface area contributed by atoms with Gasteiger partial charge < -0.3 is 20.1 Å². The molecule has 5 nitrogen and oxygen atoms in total. The van der Waals surface area contributed by atoms with E-state index >= 15 is 0 Å². The molecule has 0 saturated heterocycles. The van der Waals surface area contributed by atoms with Gasteiger partial charge in [-0.3, -0.25) is 0 Å². The van der Waals surface area contributed by atoms with Gasteiger partial charge in [0, 0.05) is 18.3 Å². The van der Waals surface area contributed by atoms with Crippen LogP contribution < -0.4 is 10.1 Å². The molecule has 0 radical (unpaired) electrons. The third kappa shape index (κ3) is 5.59. The lowest BCUT2D eigenvalue weighted by atomic mass is 10.1. The minimum absolute atomic E-state index is 0.238. The van der Waals surface area contributed by atoms with Crippen molar-refractivity contribution >= 4 is 11.7 Å². The van der Waals surface area contributed by atoms with Crippen LogP contribution in [0.15, 0.2) is 54.6 Å². The fourth-order valence-corrected chi connectivity index (χ4v) is 2.31. The minimum atomic E-state index is -0.942. The summed E-state index contributed by atoms with van der Waals surface area (Å²) in [5.74, 6) is 0.776. The zero-order valence-corrected chi connectivity index (χ0v) is 14.3. The predicted octanol–water partition coefficient (Wildman–Crippen LogP) is 3.50. The second-order valence-corrected chi connectivity index (χ2v) is 6.36. The number of nitrogens with one attached hydrogen (secondary N) is 1. The fourth-order valence-electron chi connectivity index (χ4n) is 2.31. The van der Waals surface area contributed by atoms with Crippen molar-refractivity contribution in [2.24, 2.45) is 0 Å². The van der Waals surface area contributed by atoms with E-state index in [9.17, 15) is 9.90 Å². The Kier molecular flexibility index (Phi) is 5.82. The Morgan fingerprint density at radius 3 is 2.42 bits per heavy atom. The second kappa shape index (κ2) is 7.84. The first-order valence-electron chi connectivity index (χ1n) is 7.85. The molecule has 2 N–H and O–H groups in total. The molecule has 0 fully saturated rings. The Morgan fingerprint density at radius 1 is 1.12 bits per heavy atom. The monoisotopic (exact) mass is 328 g/mol. The molecule has 0 atom stereocenters. The molecule has 0 heterocycles. The topological polar surface area (TPSA) is 61.8 Å². The summed E-state index contributed by atoms with van der Waals surface area (Å²) in [6, 6.07) is 16.8. The number of carbonyl (C=O) groups excluding carboxylic acids is 1. The van der Waals surface area contributed by atoms with Crippen LogP contribution in [0.1, 0.15) is 19.4 Å². The molecular weight excluding hydrogens is 304 g/mol. The molecule has 2 aromatic carbocycles. The van der Waals surface area contributed by atoms with E-state index in [2.05, 4.69) is 5.32 Å². The van der Waals surface area contributed by atoms with Gasteiger partial charge in [0.15, 0.2) is 0 Å². The molecule has 2 amide bonds. The van der Waals surface area contributed by atoms with Gasteiger partial charge in [0.1, 0.15) is 12.4 Å². The van der Waals surface area contributed by atoms with Gasteiger partial charge in [-0.15, -0.1) is 0 Å². The molecule has 5 heteroatoms. The summed E-state index contributed by atoms with van der Waals surface area (Å²) in [4.78, 5) is 13.7. The number of hydrogen-bond donors (Lipinski definition) is 2. The van der Waals surface area contributed by atoms with Gasteiger partial charge in [-0.1, -0.05) is 36.4 Å². The zero-order chi connectivity index (χ0) is 17.6. The van der Waals surface area contributed by atoms with Crippen LogP contribution in [-0.4, -0.2) is 35.2 Å². The number of nitrogens with zero attached hydrogens (tertiary/aromatic N) is 1.